The van der Waals surface area contributed by atoms with Crippen LogP contribution in [0.15, 0.2) is 18.2 Å². The number of benzene rings is 1. The summed E-state index contributed by atoms with van der Waals surface area (Å²) in [5.74, 6) is -1.12. The Labute approximate surface area is 122 Å². The number of likely N-dealkylation sites (N-methyl/N-ethyl adjacent to an activating group) is 1. The van der Waals surface area contributed by atoms with E-state index < -0.39 is 17.9 Å². The fourth-order valence-electron chi connectivity index (χ4n) is 2.21. The molecule has 1 aromatic rings. The average Bonchev–Trinajstić information content (AvgIpc) is 2.65. The maximum Gasteiger partial charge on any atom is 0.252 e. The van der Waals surface area contributed by atoms with E-state index in [9.17, 15) is 14.4 Å². The van der Waals surface area contributed by atoms with Crippen LogP contribution in [-0.4, -0.2) is 49.8 Å². The topological polar surface area (TPSA) is 95.7 Å². The fraction of sp³-hybridized carbons (Fsp3) is 0.357. The Balaban J connectivity index is 2.13. The zero-order valence-electron chi connectivity index (χ0n) is 12.2. The van der Waals surface area contributed by atoms with Crippen LogP contribution in [0.2, 0.25) is 0 Å². The number of imide groups is 1. The molecule has 1 heterocycles. The number of rotatable bonds is 3. The summed E-state index contributed by atoms with van der Waals surface area (Å²) < 4.78 is 0. The van der Waals surface area contributed by atoms with Crippen LogP contribution in [0.1, 0.15) is 16.8 Å². The van der Waals surface area contributed by atoms with Gasteiger partial charge in [0, 0.05) is 26.7 Å². The number of likely N-dealkylation sites (tertiary alicyclic amines) is 1. The van der Waals surface area contributed by atoms with Crippen molar-refractivity contribution in [1.29, 1.82) is 0 Å². The van der Waals surface area contributed by atoms with Gasteiger partial charge in [-0.25, -0.2) is 0 Å². The van der Waals surface area contributed by atoms with Gasteiger partial charge in [0.25, 0.3) is 11.8 Å². The quantitative estimate of drug-likeness (QED) is 0.595. The van der Waals surface area contributed by atoms with Crippen LogP contribution < -0.4 is 16.0 Å². The van der Waals surface area contributed by atoms with Gasteiger partial charge in [0.15, 0.2) is 0 Å². The minimum Gasteiger partial charge on any atom is -0.397 e. The zero-order valence-corrected chi connectivity index (χ0v) is 12.2. The molecule has 1 aliphatic heterocycles. The molecule has 21 heavy (non-hydrogen) atoms. The molecule has 0 radical (unpaired) electrons. The SMILES string of the molecule is CN1C(=O)CC(NC(=O)c2ccc(N(C)C)c(N)c2)C1=O. The summed E-state index contributed by atoms with van der Waals surface area (Å²) >= 11 is 0. The van der Waals surface area contributed by atoms with Crippen molar-refractivity contribution in [3.05, 3.63) is 23.8 Å². The van der Waals surface area contributed by atoms with Crippen LogP contribution in [0.5, 0.6) is 0 Å². The van der Waals surface area contributed by atoms with E-state index in [1.807, 2.05) is 19.0 Å². The summed E-state index contributed by atoms with van der Waals surface area (Å²) in [5, 5.41) is 2.56. The number of anilines is 2. The number of hydrogen-bond acceptors (Lipinski definition) is 5. The molecule has 1 unspecified atom stereocenters. The Hall–Kier alpha value is -2.57. The number of nitrogens with two attached hydrogens (primary N) is 1. The predicted molar refractivity (Wildman–Crippen MR) is 78.8 cm³/mol. The minimum absolute atomic E-state index is 0.00760. The van der Waals surface area contributed by atoms with Crippen LogP contribution in [-0.2, 0) is 9.59 Å². The van der Waals surface area contributed by atoms with Crippen LogP contribution in [0.3, 0.4) is 0 Å². The zero-order chi connectivity index (χ0) is 15.7. The molecule has 1 atom stereocenters. The lowest BCUT2D eigenvalue weighted by Gasteiger charge is -2.16. The van der Waals surface area contributed by atoms with E-state index in [1.165, 1.54) is 7.05 Å². The Morgan fingerprint density at radius 2 is 2.05 bits per heavy atom. The minimum atomic E-state index is -0.801. The molecule has 1 aromatic carbocycles. The molecule has 0 aromatic heterocycles. The van der Waals surface area contributed by atoms with Crippen molar-refractivity contribution in [2.45, 2.75) is 12.5 Å². The van der Waals surface area contributed by atoms with E-state index in [-0.39, 0.29) is 12.3 Å². The van der Waals surface area contributed by atoms with Gasteiger partial charge in [-0.05, 0) is 18.2 Å². The van der Waals surface area contributed by atoms with E-state index in [1.54, 1.807) is 18.2 Å². The summed E-state index contributed by atoms with van der Waals surface area (Å²) in [7, 11) is 5.11. The van der Waals surface area contributed by atoms with Crippen molar-refractivity contribution in [2.24, 2.45) is 0 Å². The number of amides is 3. The number of hydrogen-bond donors (Lipinski definition) is 2. The normalized spacial score (nSPS) is 18.0. The van der Waals surface area contributed by atoms with Gasteiger partial charge in [-0.1, -0.05) is 0 Å². The van der Waals surface area contributed by atoms with Crippen molar-refractivity contribution in [3.63, 3.8) is 0 Å². The molecule has 1 aliphatic rings. The van der Waals surface area contributed by atoms with Crippen LogP contribution in [0.4, 0.5) is 11.4 Å². The molecular formula is C14H18N4O3. The Kier molecular flexibility index (Phi) is 3.84. The van der Waals surface area contributed by atoms with E-state index in [4.69, 9.17) is 5.73 Å². The molecule has 0 spiro atoms. The van der Waals surface area contributed by atoms with Crippen LogP contribution >= 0.6 is 0 Å². The first-order chi connectivity index (χ1) is 9.81. The number of nitrogens with zero attached hydrogens (tertiary/aromatic N) is 2. The first kappa shape index (κ1) is 14.8. The van der Waals surface area contributed by atoms with E-state index in [0.717, 1.165) is 10.6 Å². The van der Waals surface area contributed by atoms with E-state index >= 15 is 0 Å². The van der Waals surface area contributed by atoms with Gasteiger partial charge in [0.05, 0.1) is 17.8 Å². The molecule has 7 nitrogen and oxygen atoms in total. The molecule has 0 saturated carbocycles. The van der Waals surface area contributed by atoms with Gasteiger partial charge < -0.3 is 16.0 Å². The molecule has 3 amide bonds. The number of carbonyl (C=O) groups is 3. The Bertz CT molecular complexity index is 612. The summed E-state index contributed by atoms with van der Waals surface area (Å²) in [5.41, 5.74) is 7.52. The number of carbonyl (C=O) groups excluding carboxylic acids is 3. The third kappa shape index (κ3) is 2.81. The van der Waals surface area contributed by atoms with Gasteiger partial charge in [-0.2, -0.15) is 0 Å². The molecule has 7 heteroatoms. The molecule has 0 aliphatic carbocycles. The van der Waals surface area contributed by atoms with E-state index in [0.29, 0.717) is 11.3 Å². The standard InChI is InChI=1S/C14H18N4O3/c1-17(2)11-5-4-8(6-9(11)15)13(20)16-10-7-12(19)18(3)14(10)21/h4-6,10H,7,15H2,1-3H3,(H,16,20). The van der Waals surface area contributed by atoms with Gasteiger partial charge in [0.1, 0.15) is 6.04 Å². The second kappa shape index (κ2) is 5.43. The summed E-state index contributed by atoms with van der Waals surface area (Å²) in [4.78, 5) is 38.2. The van der Waals surface area contributed by atoms with Gasteiger partial charge in [0.2, 0.25) is 5.91 Å². The third-order valence-electron chi connectivity index (χ3n) is 3.46. The third-order valence-corrected chi connectivity index (χ3v) is 3.46. The van der Waals surface area contributed by atoms with Crippen LogP contribution in [0.25, 0.3) is 0 Å². The second-order valence-corrected chi connectivity index (χ2v) is 5.19. The number of nitrogens with one attached hydrogen (secondary N) is 1. The Morgan fingerprint density at radius 3 is 2.52 bits per heavy atom. The lowest BCUT2D eigenvalue weighted by molar-refractivity contribution is -0.137. The van der Waals surface area contributed by atoms with Gasteiger partial charge in [-0.3, -0.25) is 19.3 Å². The second-order valence-electron chi connectivity index (χ2n) is 5.19. The largest absolute Gasteiger partial charge is 0.397 e. The Morgan fingerprint density at radius 1 is 1.38 bits per heavy atom. The van der Waals surface area contributed by atoms with Crippen molar-refractivity contribution in [3.8, 4) is 0 Å². The lowest BCUT2D eigenvalue weighted by atomic mass is 10.1. The van der Waals surface area contributed by atoms with Crippen LogP contribution in [0, 0.1) is 0 Å². The lowest BCUT2D eigenvalue weighted by Crippen LogP contribution is -2.40. The highest BCUT2D eigenvalue weighted by Crippen LogP contribution is 2.22. The molecule has 3 N–H and O–H groups in total. The molecular weight excluding hydrogens is 272 g/mol. The van der Waals surface area contributed by atoms with Crippen molar-refractivity contribution >= 4 is 29.1 Å². The highest BCUT2D eigenvalue weighted by Gasteiger charge is 2.37. The van der Waals surface area contributed by atoms with Crippen molar-refractivity contribution < 1.29 is 14.4 Å². The average molecular weight is 290 g/mol. The first-order valence-corrected chi connectivity index (χ1v) is 6.49. The maximum absolute atomic E-state index is 12.1. The first-order valence-electron chi connectivity index (χ1n) is 6.49. The smallest absolute Gasteiger partial charge is 0.252 e. The van der Waals surface area contributed by atoms with E-state index in [2.05, 4.69) is 5.32 Å². The summed E-state index contributed by atoms with van der Waals surface area (Å²) in [6, 6.07) is 4.12. The molecule has 0 bridgehead atoms. The van der Waals surface area contributed by atoms with Crippen molar-refractivity contribution in [2.75, 3.05) is 31.8 Å². The fourth-order valence-corrected chi connectivity index (χ4v) is 2.21. The number of nitrogen functional groups attached to an aromatic ring is 1. The summed E-state index contributed by atoms with van der Waals surface area (Å²) in [6.07, 6.45) is -0.00760. The van der Waals surface area contributed by atoms with Crippen molar-refractivity contribution in [1.82, 2.24) is 10.2 Å². The molecule has 2 rings (SSSR count). The predicted octanol–water partition coefficient (Wildman–Crippen LogP) is -0.178. The molecule has 1 saturated heterocycles. The monoisotopic (exact) mass is 290 g/mol. The molecule has 112 valence electrons. The summed E-state index contributed by atoms with van der Waals surface area (Å²) in [6.45, 7) is 0. The maximum atomic E-state index is 12.1. The highest BCUT2D eigenvalue weighted by molar-refractivity contribution is 6.08. The highest BCUT2D eigenvalue weighted by atomic mass is 16.2. The van der Waals surface area contributed by atoms with Gasteiger partial charge in [-0.15, -0.1) is 0 Å². The molecule has 1 fully saturated rings. The van der Waals surface area contributed by atoms with Gasteiger partial charge >= 0.3 is 0 Å².